The van der Waals surface area contributed by atoms with Crippen molar-refractivity contribution in [1.29, 1.82) is 0 Å². The molecule has 5 nitrogen and oxygen atoms in total. The third-order valence-electron chi connectivity index (χ3n) is 2.69. The standard InChI is InChI=1S/C13H15N3O2/c1-8-11(17-2)5-4-10(12(8)18-3)13-15-6-9(14)7-16-13/h4-7H,14H2,1-3H3. The van der Waals surface area contributed by atoms with Crippen LogP contribution in [0.5, 0.6) is 11.5 Å². The van der Waals surface area contributed by atoms with E-state index in [-0.39, 0.29) is 0 Å². The minimum absolute atomic E-state index is 0.531. The molecule has 0 fully saturated rings. The Kier molecular flexibility index (Phi) is 3.32. The first-order chi connectivity index (χ1) is 8.67. The predicted octanol–water partition coefficient (Wildman–Crippen LogP) is 2.05. The lowest BCUT2D eigenvalue weighted by Crippen LogP contribution is -1.98. The van der Waals surface area contributed by atoms with Gasteiger partial charge in [0.1, 0.15) is 11.5 Å². The number of ether oxygens (including phenoxy) is 2. The molecule has 0 saturated heterocycles. The second kappa shape index (κ2) is 4.91. The van der Waals surface area contributed by atoms with E-state index in [1.165, 1.54) is 0 Å². The van der Waals surface area contributed by atoms with Crippen molar-refractivity contribution in [3.8, 4) is 22.9 Å². The smallest absolute Gasteiger partial charge is 0.163 e. The Morgan fingerprint density at radius 3 is 2.28 bits per heavy atom. The van der Waals surface area contributed by atoms with E-state index in [1.54, 1.807) is 26.6 Å². The molecule has 0 radical (unpaired) electrons. The largest absolute Gasteiger partial charge is 0.496 e. The number of hydrogen-bond acceptors (Lipinski definition) is 5. The summed E-state index contributed by atoms with van der Waals surface area (Å²) in [7, 11) is 3.24. The summed E-state index contributed by atoms with van der Waals surface area (Å²) in [6.07, 6.45) is 3.14. The van der Waals surface area contributed by atoms with Gasteiger partial charge in [0.05, 0.1) is 37.9 Å². The Morgan fingerprint density at radius 2 is 1.72 bits per heavy atom. The topological polar surface area (TPSA) is 70.3 Å². The Labute approximate surface area is 106 Å². The lowest BCUT2D eigenvalue weighted by molar-refractivity contribution is 0.389. The maximum absolute atomic E-state index is 5.57. The molecule has 0 atom stereocenters. The Bertz CT molecular complexity index is 553. The number of aromatic nitrogens is 2. The van der Waals surface area contributed by atoms with E-state index >= 15 is 0 Å². The highest BCUT2D eigenvalue weighted by Gasteiger charge is 2.14. The molecule has 2 aromatic rings. The van der Waals surface area contributed by atoms with Crippen molar-refractivity contribution < 1.29 is 9.47 Å². The molecule has 18 heavy (non-hydrogen) atoms. The number of anilines is 1. The van der Waals surface area contributed by atoms with Gasteiger partial charge in [-0.05, 0) is 19.1 Å². The second-order valence-electron chi connectivity index (χ2n) is 3.81. The zero-order valence-electron chi connectivity index (χ0n) is 10.6. The van der Waals surface area contributed by atoms with E-state index in [0.717, 1.165) is 16.9 Å². The summed E-state index contributed by atoms with van der Waals surface area (Å²) in [5.41, 5.74) is 7.84. The van der Waals surface area contributed by atoms with Gasteiger partial charge in [-0.25, -0.2) is 9.97 Å². The summed E-state index contributed by atoms with van der Waals surface area (Å²) < 4.78 is 10.7. The summed E-state index contributed by atoms with van der Waals surface area (Å²) >= 11 is 0. The number of hydrogen-bond donors (Lipinski definition) is 1. The molecule has 0 unspecified atom stereocenters. The molecule has 1 heterocycles. The van der Waals surface area contributed by atoms with Crippen LogP contribution in [0.25, 0.3) is 11.4 Å². The van der Waals surface area contributed by atoms with Crippen molar-refractivity contribution in [2.45, 2.75) is 6.92 Å². The second-order valence-corrected chi connectivity index (χ2v) is 3.81. The van der Waals surface area contributed by atoms with Crippen molar-refractivity contribution in [3.63, 3.8) is 0 Å². The van der Waals surface area contributed by atoms with Gasteiger partial charge >= 0.3 is 0 Å². The zero-order chi connectivity index (χ0) is 13.1. The van der Waals surface area contributed by atoms with Gasteiger partial charge < -0.3 is 15.2 Å². The Morgan fingerprint density at radius 1 is 1.06 bits per heavy atom. The van der Waals surface area contributed by atoms with E-state index in [4.69, 9.17) is 15.2 Å². The van der Waals surface area contributed by atoms with Crippen molar-refractivity contribution in [2.75, 3.05) is 20.0 Å². The van der Waals surface area contributed by atoms with E-state index in [2.05, 4.69) is 9.97 Å². The minimum Gasteiger partial charge on any atom is -0.496 e. The molecule has 0 aliphatic heterocycles. The normalized spacial score (nSPS) is 10.2. The fraction of sp³-hybridized carbons (Fsp3) is 0.231. The van der Waals surface area contributed by atoms with Crippen LogP contribution >= 0.6 is 0 Å². The highest BCUT2D eigenvalue weighted by Crippen LogP contribution is 2.36. The first-order valence-electron chi connectivity index (χ1n) is 5.47. The average molecular weight is 245 g/mol. The van der Waals surface area contributed by atoms with Crippen molar-refractivity contribution in [2.24, 2.45) is 0 Å². The number of nitrogen functional groups attached to an aromatic ring is 1. The van der Waals surface area contributed by atoms with Crippen LogP contribution in [0.15, 0.2) is 24.5 Å². The van der Waals surface area contributed by atoms with E-state index in [9.17, 15) is 0 Å². The van der Waals surface area contributed by atoms with Gasteiger partial charge in [0.2, 0.25) is 0 Å². The van der Waals surface area contributed by atoms with Gasteiger partial charge in [0.25, 0.3) is 0 Å². The molecule has 1 aromatic heterocycles. The van der Waals surface area contributed by atoms with Crippen LogP contribution in [0.1, 0.15) is 5.56 Å². The number of methoxy groups -OCH3 is 2. The summed E-state index contributed by atoms with van der Waals surface area (Å²) in [4.78, 5) is 8.39. The molecule has 5 heteroatoms. The highest BCUT2D eigenvalue weighted by molar-refractivity contribution is 5.69. The molecule has 0 bridgehead atoms. The van der Waals surface area contributed by atoms with Gasteiger partial charge in [0, 0.05) is 5.56 Å². The summed E-state index contributed by atoms with van der Waals surface area (Å²) in [6.45, 7) is 1.93. The molecule has 2 rings (SSSR count). The molecule has 1 aromatic carbocycles. The van der Waals surface area contributed by atoms with Crippen molar-refractivity contribution in [1.82, 2.24) is 9.97 Å². The van der Waals surface area contributed by atoms with Crippen LogP contribution in [-0.2, 0) is 0 Å². The number of nitrogens with two attached hydrogens (primary N) is 1. The van der Waals surface area contributed by atoms with Crippen molar-refractivity contribution in [3.05, 3.63) is 30.1 Å². The van der Waals surface area contributed by atoms with Crippen LogP contribution in [0.2, 0.25) is 0 Å². The minimum atomic E-state index is 0.531. The average Bonchev–Trinajstić information content (AvgIpc) is 2.39. The third-order valence-corrected chi connectivity index (χ3v) is 2.69. The first kappa shape index (κ1) is 12.2. The van der Waals surface area contributed by atoms with Gasteiger partial charge in [-0.1, -0.05) is 0 Å². The Balaban J connectivity index is 2.57. The molecule has 0 aliphatic rings. The van der Waals surface area contributed by atoms with Crippen molar-refractivity contribution >= 4 is 5.69 Å². The van der Waals surface area contributed by atoms with Crippen LogP contribution in [-0.4, -0.2) is 24.2 Å². The molecular formula is C13H15N3O2. The molecule has 0 aliphatic carbocycles. The number of rotatable bonds is 3. The van der Waals surface area contributed by atoms with Gasteiger partial charge in [-0.2, -0.15) is 0 Å². The maximum Gasteiger partial charge on any atom is 0.163 e. The lowest BCUT2D eigenvalue weighted by Gasteiger charge is -2.13. The molecular weight excluding hydrogens is 230 g/mol. The zero-order valence-corrected chi connectivity index (χ0v) is 10.6. The Hall–Kier alpha value is -2.30. The monoisotopic (exact) mass is 245 g/mol. The third kappa shape index (κ3) is 2.07. The highest BCUT2D eigenvalue weighted by atomic mass is 16.5. The maximum atomic E-state index is 5.57. The van der Waals surface area contributed by atoms with Crippen LogP contribution < -0.4 is 15.2 Å². The molecule has 0 saturated carbocycles. The first-order valence-corrected chi connectivity index (χ1v) is 5.47. The van der Waals surface area contributed by atoms with Crippen LogP contribution in [0.3, 0.4) is 0 Å². The number of benzene rings is 1. The molecule has 0 spiro atoms. The SMILES string of the molecule is COc1ccc(-c2ncc(N)cn2)c(OC)c1C. The lowest BCUT2D eigenvalue weighted by atomic mass is 10.1. The fourth-order valence-corrected chi connectivity index (χ4v) is 1.81. The quantitative estimate of drug-likeness (QED) is 0.896. The molecule has 0 amide bonds. The molecule has 2 N–H and O–H groups in total. The summed E-state index contributed by atoms with van der Waals surface area (Å²) in [5, 5.41) is 0. The summed E-state index contributed by atoms with van der Waals surface area (Å²) in [5.74, 6) is 2.05. The van der Waals surface area contributed by atoms with E-state index in [0.29, 0.717) is 17.3 Å². The van der Waals surface area contributed by atoms with E-state index < -0.39 is 0 Å². The van der Waals surface area contributed by atoms with Gasteiger partial charge in [0.15, 0.2) is 5.82 Å². The fourth-order valence-electron chi connectivity index (χ4n) is 1.81. The number of nitrogens with zero attached hydrogens (tertiary/aromatic N) is 2. The van der Waals surface area contributed by atoms with Crippen LogP contribution in [0, 0.1) is 6.92 Å². The van der Waals surface area contributed by atoms with Crippen LogP contribution in [0.4, 0.5) is 5.69 Å². The van der Waals surface area contributed by atoms with Gasteiger partial charge in [-0.3, -0.25) is 0 Å². The molecule has 94 valence electrons. The summed E-state index contributed by atoms with van der Waals surface area (Å²) in [6, 6.07) is 3.74. The van der Waals surface area contributed by atoms with E-state index in [1.807, 2.05) is 19.1 Å². The predicted molar refractivity (Wildman–Crippen MR) is 69.7 cm³/mol. The van der Waals surface area contributed by atoms with Gasteiger partial charge in [-0.15, -0.1) is 0 Å².